The van der Waals surface area contributed by atoms with Gasteiger partial charge in [-0.15, -0.1) is 9.89 Å². The molecular weight excluding hydrogens is 176 g/mol. The van der Waals surface area contributed by atoms with Crippen molar-refractivity contribution in [2.24, 2.45) is 5.10 Å². The van der Waals surface area contributed by atoms with Crippen LogP contribution in [0.3, 0.4) is 0 Å². The summed E-state index contributed by atoms with van der Waals surface area (Å²) in [5.74, 6) is 0. The summed E-state index contributed by atoms with van der Waals surface area (Å²) in [6, 6.07) is 8.11. The predicted molar refractivity (Wildman–Crippen MR) is 54.2 cm³/mol. The van der Waals surface area contributed by atoms with E-state index in [9.17, 15) is 0 Å². The van der Waals surface area contributed by atoms with Crippen LogP contribution in [0.5, 0.6) is 0 Å². The molecule has 2 rings (SSSR count). The van der Waals surface area contributed by atoms with Gasteiger partial charge in [-0.05, 0) is 12.5 Å². The van der Waals surface area contributed by atoms with Crippen LogP contribution in [0.2, 0.25) is 0 Å². The molecule has 4 nitrogen and oxygen atoms in total. The van der Waals surface area contributed by atoms with E-state index in [1.807, 2.05) is 24.3 Å². The zero-order valence-electron chi connectivity index (χ0n) is 7.83. The molecule has 0 radical (unpaired) electrons. The summed E-state index contributed by atoms with van der Waals surface area (Å²) in [7, 11) is 0. The Hall–Kier alpha value is -1.97. The molecule has 0 bridgehead atoms. The third-order valence-electron chi connectivity index (χ3n) is 1.81. The molecule has 2 aromatic rings. The third-order valence-corrected chi connectivity index (χ3v) is 1.81. The molecule has 0 aliphatic rings. The highest BCUT2D eigenvalue weighted by molar-refractivity contribution is 5.79. The summed E-state index contributed by atoms with van der Waals surface area (Å²) in [4.78, 5) is 5.20. The van der Waals surface area contributed by atoms with E-state index < -0.39 is 0 Å². The van der Waals surface area contributed by atoms with Crippen LogP contribution in [-0.2, 0) is 0 Å². The molecule has 1 aromatic heterocycles. The average Bonchev–Trinajstić information content (AvgIpc) is 2.70. The Kier molecular flexibility index (Phi) is 2.36. The summed E-state index contributed by atoms with van der Waals surface area (Å²) < 4.78 is 0. The minimum atomic E-state index is 1.05. The van der Waals surface area contributed by atoms with Gasteiger partial charge in [0, 0.05) is 0 Å². The molecule has 0 saturated carbocycles. The number of nitrogens with zero attached hydrogens (tertiary/aromatic N) is 4. The summed E-state index contributed by atoms with van der Waals surface area (Å²) in [6.45, 7) is 2.05. The first-order valence-electron chi connectivity index (χ1n) is 4.30. The first-order chi connectivity index (χ1) is 6.84. The molecule has 70 valence electrons. The molecule has 0 N–H and O–H groups in total. The molecule has 0 aliphatic carbocycles. The van der Waals surface area contributed by atoms with Crippen LogP contribution >= 0.6 is 0 Å². The number of aromatic nitrogens is 3. The Balaban J connectivity index is 2.15. The topological polar surface area (TPSA) is 43.1 Å². The maximum atomic E-state index is 4.08. The summed E-state index contributed by atoms with van der Waals surface area (Å²) in [6.07, 6.45) is 4.74. The lowest BCUT2D eigenvalue weighted by molar-refractivity contribution is 0.743. The van der Waals surface area contributed by atoms with Gasteiger partial charge in [-0.3, -0.25) is 0 Å². The Morgan fingerprint density at radius 3 is 2.71 bits per heavy atom. The van der Waals surface area contributed by atoms with Crippen LogP contribution in [0.4, 0.5) is 0 Å². The van der Waals surface area contributed by atoms with Crippen molar-refractivity contribution in [1.29, 1.82) is 0 Å². The lowest BCUT2D eigenvalue weighted by atomic mass is 10.2. The summed E-state index contributed by atoms with van der Waals surface area (Å²) in [5, 5.41) is 7.94. The smallest absolute Gasteiger partial charge is 0.139 e. The van der Waals surface area contributed by atoms with E-state index in [0.29, 0.717) is 0 Å². The van der Waals surface area contributed by atoms with E-state index in [1.54, 1.807) is 12.5 Å². The van der Waals surface area contributed by atoms with E-state index in [4.69, 9.17) is 0 Å². The molecule has 0 fully saturated rings. The second kappa shape index (κ2) is 3.83. The molecule has 1 aromatic carbocycles. The largest absolute Gasteiger partial charge is 0.221 e. The molecule has 0 unspecified atom stereocenters. The molecule has 0 aliphatic heterocycles. The van der Waals surface area contributed by atoms with Crippen LogP contribution in [0.25, 0.3) is 0 Å². The monoisotopic (exact) mass is 186 g/mol. The van der Waals surface area contributed by atoms with Crippen molar-refractivity contribution in [3.63, 3.8) is 0 Å². The second-order valence-corrected chi connectivity index (χ2v) is 2.97. The molecule has 0 spiro atoms. The van der Waals surface area contributed by atoms with E-state index in [1.165, 1.54) is 16.7 Å². The highest BCUT2D eigenvalue weighted by Gasteiger charge is 1.87. The maximum Gasteiger partial charge on any atom is 0.139 e. The minimum Gasteiger partial charge on any atom is -0.221 e. The van der Waals surface area contributed by atoms with E-state index in [-0.39, 0.29) is 0 Å². The highest BCUT2D eigenvalue weighted by atomic mass is 15.5. The Morgan fingerprint density at radius 1 is 1.29 bits per heavy atom. The van der Waals surface area contributed by atoms with Crippen LogP contribution < -0.4 is 0 Å². The van der Waals surface area contributed by atoms with Gasteiger partial charge in [0.1, 0.15) is 12.7 Å². The Labute approximate surface area is 81.9 Å². The van der Waals surface area contributed by atoms with Gasteiger partial charge in [-0.25, -0.2) is 4.98 Å². The van der Waals surface area contributed by atoms with Crippen LogP contribution in [0.1, 0.15) is 11.1 Å². The molecule has 1 heterocycles. The SMILES string of the molecule is Cc1ccc(/C=N/n2cncn2)cc1. The lowest BCUT2D eigenvalue weighted by Crippen LogP contribution is -1.90. The van der Waals surface area contributed by atoms with Crippen molar-refractivity contribution >= 4 is 6.21 Å². The van der Waals surface area contributed by atoms with Gasteiger partial charge in [0.25, 0.3) is 0 Å². The van der Waals surface area contributed by atoms with Crippen molar-refractivity contribution < 1.29 is 0 Å². The van der Waals surface area contributed by atoms with Gasteiger partial charge in [0.2, 0.25) is 0 Å². The summed E-state index contributed by atoms with van der Waals surface area (Å²) >= 11 is 0. The quantitative estimate of drug-likeness (QED) is 0.666. The van der Waals surface area contributed by atoms with Crippen molar-refractivity contribution in [2.75, 3.05) is 0 Å². The minimum absolute atomic E-state index is 1.05. The van der Waals surface area contributed by atoms with Crippen LogP contribution in [0.15, 0.2) is 42.0 Å². The van der Waals surface area contributed by atoms with Crippen LogP contribution in [-0.4, -0.2) is 21.1 Å². The van der Waals surface area contributed by atoms with Gasteiger partial charge >= 0.3 is 0 Å². The van der Waals surface area contributed by atoms with Crippen molar-refractivity contribution in [1.82, 2.24) is 14.9 Å². The fourth-order valence-electron chi connectivity index (χ4n) is 1.04. The standard InChI is InChI=1S/C10H10N4/c1-9-2-4-10(5-3-9)6-12-14-8-11-7-13-14/h2-8H,1H3/b12-6+. The van der Waals surface area contributed by atoms with Crippen molar-refractivity contribution in [2.45, 2.75) is 6.92 Å². The van der Waals surface area contributed by atoms with E-state index in [2.05, 4.69) is 22.1 Å². The number of aryl methyl sites for hydroxylation is 1. The number of hydrogen-bond donors (Lipinski definition) is 0. The van der Waals surface area contributed by atoms with Gasteiger partial charge in [0.05, 0.1) is 6.21 Å². The average molecular weight is 186 g/mol. The third kappa shape index (κ3) is 2.04. The zero-order valence-corrected chi connectivity index (χ0v) is 7.83. The van der Waals surface area contributed by atoms with Crippen molar-refractivity contribution in [3.05, 3.63) is 48.0 Å². The first kappa shape index (κ1) is 8.62. The zero-order chi connectivity index (χ0) is 9.80. The number of rotatable bonds is 2. The summed E-state index contributed by atoms with van der Waals surface area (Å²) in [5.41, 5.74) is 2.29. The van der Waals surface area contributed by atoms with Gasteiger partial charge in [-0.1, -0.05) is 29.8 Å². The predicted octanol–water partition coefficient (Wildman–Crippen LogP) is 1.47. The maximum absolute atomic E-state index is 4.08. The molecule has 0 atom stereocenters. The fraction of sp³-hybridized carbons (Fsp3) is 0.100. The van der Waals surface area contributed by atoms with E-state index >= 15 is 0 Å². The molecular formula is C10H10N4. The molecule has 0 saturated heterocycles. The van der Waals surface area contributed by atoms with Gasteiger partial charge in [-0.2, -0.15) is 5.10 Å². The van der Waals surface area contributed by atoms with E-state index in [0.717, 1.165) is 5.56 Å². The number of hydrogen-bond acceptors (Lipinski definition) is 3. The fourth-order valence-corrected chi connectivity index (χ4v) is 1.04. The van der Waals surface area contributed by atoms with Crippen LogP contribution in [0, 0.1) is 6.92 Å². The highest BCUT2D eigenvalue weighted by Crippen LogP contribution is 2.00. The Morgan fingerprint density at radius 2 is 2.07 bits per heavy atom. The lowest BCUT2D eigenvalue weighted by Gasteiger charge is -1.93. The van der Waals surface area contributed by atoms with Crippen molar-refractivity contribution in [3.8, 4) is 0 Å². The first-order valence-corrected chi connectivity index (χ1v) is 4.30. The molecule has 14 heavy (non-hydrogen) atoms. The molecule has 0 amide bonds. The van der Waals surface area contributed by atoms with Gasteiger partial charge in [0.15, 0.2) is 0 Å². The Bertz CT molecular complexity index is 414. The number of benzene rings is 1. The van der Waals surface area contributed by atoms with Gasteiger partial charge < -0.3 is 0 Å². The molecule has 4 heteroatoms. The normalized spacial score (nSPS) is 10.9. The second-order valence-electron chi connectivity index (χ2n) is 2.97.